The monoisotopic (exact) mass is 233 g/mol. The second kappa shape index (κ2) is 5.14. The zero-order valence-electron chi connectivity index (χ0n) is 9.27. The molecule has 3 heteroatoms. The summed E-state index contributed by atoms with van der Waals surface area (Å²) in [5.41, 5.74) is 8.12. The number of rotatable bonds is 4. The van der Waals surface area contributed by atoms with E-state index in [1.807, 2.05) is 12.1 Å². The number of ether oxygens (including phenoxy) is 1. The molecule has 0 atom stereocenters. The van der Waals surface area contributed by atoms with Gasteiger partial charge in [0.05, 0.1) is 7.11 Å². The molecule has 0 saturated heterocycles. The first kappa shape index (κ1) is 11.2. The molecule has 0 spiro atoms. The lowest BCUT2D eigenvalue weighted by Gasteiger charge is -2.04. The second-order valence-corrected chi connectivity index (χ2v) is 4.53. The third kappa shape index (κ3) is 2.26. The molecule has 16 heavy (non-hydrogen) atoms. The minimum Gasteiger partial charge on any atom is -0.497 e. The van der Waals surface area contributed by atoms with Crippen molar-refractivity contribution >= 4 is 11.3 Å². The van der Waals surface area contributed by atoms with Crippen LogP contribution in [0.15, 0.2) is 35.7 Å². The van der Waals surface area contributed by atoms with Crippen LogP contribution in [-0.2, 0) is 6.42 Å². The lowest BCUT2D eigenvalue weighted by Crippen LogP contribution is -2.01. The fourth-order valence-corrected chi connectivity index (χ4v) is 2.61. The Morgan fingerprint density at radius 3 is 2.56 bits per heavy atom. The molecule has 0 unspecified atom stereocenters. The van der Waals surface area contributed by atoms with Crippen LogP contribution in [0.1, 0.15) is 4.88 Å². The van der Waals surface area contributed by atoms with E-state index in [1.165, 1.54) is 16.0 Å². The highest BCUT2D eigenvalue weighted by Gasteiger charge is 2.05. The van der Waals surface area contributed by atoms with E-state index in [4.69, 9.17) is 10.5 Å². The Morgan fingerprint density at radius 1 is 1.19 bits per heavy atom. The molecule has 1 aromatic heterocycles. The minimum absolute atomic E-state index is 0.698. The molecular formula is C13H15NOS. The Labute approximate surface area is 99.7 Å². The standard InChI is InChI=1S/C13H15NOS/c1-15-11-4-2-10(3-5-11)12-7-9-16-13(12)6-8-14/h2-5,7,9H,6,8,14H2,1H3. The van der Waals surface area contributed by atoms with Gasteiger partial charge in [-0.1, -0.05) is 12.1 Å². The molecule has 2 N–H and O–H groups in total. The van der Waals surface area contributed by atoms with Crippen LogP contribution in [0.4, 0.5) is 0 Å². The van der Waals surface area contributed by atoms with E-state index in [1.54, 1.807) is 18.4 Å². The average molecular weight is 233 g/mol. The lowest BCUT2D eigenvalue weighted by molar-refractivity contribution is 0.415. The van der Waals surface area contributed by atoms with Gasteiger partial charge in [-0.2, -0.15) is 0 Å². The highest BCUT2D eigenvalue weighted by atomic mass is 32.1. The maximum atomic E-state index is 5.60. The molecule has 0 fully saturated rings. The van der Waals surface area contributed by atoms with Gasteiger partial charge in [0, 0.05) is 4.88 Å². The van der Waals surface area contributed by atoms with Crippen LogP contribution < -0.4 is 10.5 Å². The number of hydrogen-bond acceptors (Lipinski definition) is 3. The molecule has 0 bridgehead atoms. The molecule has 1 heterocycles. The summed E-state index contributed by atoms with van der Waals surface area (Å²) in [6.07, 6.45) is 0.943. The van der Waals surface area contributed by atoms with Crippen molar-refractivity contribution in [2.24, 2.45) is 5.73 Å². The van der Waals surface area contributed by atoms with Crippen molar-refractivity contribution in [1.82, 2.24) is 0 Å². The van der Waals surface area contributed by atoms with E-state index >= 15 is 0 Å². The van der Waals surface area contributed by atoms with Crippen molar-refractivity contribution in [1.29, 1.82) is 0 Å². The predicted octanol–water partition coefficient (Wildman–Crippen LogP) is 2.92. The summed E-state index contributed by atoms with van der Waals surface area (Å²) < 4.78 is 5.15. The zero-order valence-corrected chi connectivity index (χ0v) is 10.1. The van der Waals surface area contributed by atoms with E-state index in [0.717, 1.165) is 12.2 Å². The average Bonchev–Trinajstić information content (AvgIpc) is 2.78. The number of nitrogens with two attached hydrogens (primary N) is 1. The number of thiophene rings is 1. The Bertz CT molecular complexity index is 447. The number of benzene rings is 1. The zero-order chi connectivity index (χ0) is 11.4. The van der Waals surface area contributed by atoms with Crippen molar-refractivity contribution in [3.05, 3.63) is 40.6 Å². The highest BCUT2D eigenvalue weighted by molar-refractivity contribution is 7.10. The van der Waals surface area contributed by atoms with Gasteiger partial charge in [0.1, 0.15) is 5.75 Å². The van der Waals surface area contributed by atoms with Crippen LogP contribution in [0, 0.1) is 0 Å². The summed E-state index contributed by atoms with van der Waals surface area (Å²) >= 11 is 1.77. The van der Waals surface area contributed by atoms with Crippen molar-refractivity contribution in [2.75, 3.05) is 13.7 Å². The van der Waals surface area contributed by atoms with Crippen molar-refractivity contribution < 1.29 is 4.74 Å². The first-order valence-electron chi connectivity index (χ1n) is 5.26. The second-order valence-electron chi connectivity index (χ2n) is 3.52. The van der Waals surface area contributed by atoms with Gasteiger partial charge in [0.15, 0.2) is 0 Å². The number of methoxy groups -OCH3 is 1. The summed E-state index contributed by atoms with van der Waals surface area (Å²) in [5.74, 6) is 0.888. The maximum absolute atomic E-state index is 5.60. The molecule has 0 amide bonds. The van der Waals surface area contributed by atoms with Gasteiger partial charge in [-0.05, 0) is 47.7 Å². The van der Waals surface area contributed by atoms with Gasteiger partial charge in [0.25, 0.3) is 0 Å². The Balaban J connectivity index is 2.31. The molecule has 1 aromatic carbocycles. The molecule has 0 radical (unpaired) electrons. The quantitative estimate of drug-likeness (QED) is 0.881. The molecule has 0 aliphatic rings. The van der Waals surface area contributed by atoms with E-state index in [-0.39, 0.29) is 0 Å². The largest absolute Gasteiger partial charge is 0.497 e. The minimum atomic E-state index is 0.698. The van der Waals surface area contributed by atoms with Gasteiger partial charge in [-0.25, -0.2) is 0 Å². The summed E-state index contributed by atoms with van der Waals surface area (Å²) in [6, 6.07) is 10.3. The van der Waals surface area contributed by atoms with E-state index in [2.05, 4.69) is 23.6 Å². The van der Waals surface area contributed by atoms with Gasteiger partial charge >= 0.3 is 0 Å². The Hall–Kier alpha value is -1.32. The molecule has 2 aromatic rings. The van der Waals surface area contributed by atoms with E-state index in [0.29, 0.717) is 6.54 Å². The van der Waals surface area contributed by atoms with Gasteiger partial charge in [-0.3, -0.25) is 0 Å². The van der Waals surface area contributed by atoms with Crippen LogP contribution in [0.5, 0.6) is 5.75 Å². The van der Waals surface area contributed by atoms with E-state index in [9.17, 15) is 0 Å². The van der Waals surface area contributed by atoms with Gasteiger partial charge in [0.2, 0.25) is 0 Å². The Kier molecular flexibility index (Phi) is 3.59. The summed E-state index contributed by atoms with van der Waals surface area (Å²) in [4.78, 5) is 1.35. The number of hydrogen-bond donors (Lipinski definition) is 1. The fourth-order valence-electron chi connectivity index (χ4n) is 1.69. The first-order valence-corrected chi connectivity index (χ1v) is 6.14. The predicted molar refractivity (Wildman–Crippen MR) is 69.1 cm³/mol. The topological polar surface area (TPSA) is 35.2 Å². The highest BCUT2D eigenvalue weighted by Crippen LogP contribution is 2.29. The van der Waals surface area contributed by atoms with Crippen LogP contribution in [0.25, 0.3) is 11.1 Å². The third-order valence-corrected chi connectivity index (χ3v) is 3.50. The van der Waals surface area contributed by atoms with E-state index < -0.39 is 0 Å². The molecule has 0 saturated carbocycles. The molecule has 0 aliphatic heterocycles. The molecular weight excluding hydrogens is 218 g/mol. The smallest absolute Gasteiger partial charge is 0.118 e. The molecule has 0 aliphatic carbocycles. The van der Waals surface area contributed by atoms with Crippen molar-refractivity contribution in [2.45, 2.75) is 6.42 Å². The molecule has 2 rings (SSSR count). The van der Waals surface area contributed by atoms with Crippen LogP contribution in [0.2, 0.25) is 0 Å². The van der Waals surface area contributed by atoms with Gasteiger partial charge < -0.3 is 10.5 Å². The molecule has 84 valence electrons. The van der Waals surface area contributed by atoms with Gasteiger partial charge in [-0.15, -0.1) is 11.3 Å². The van der Waals surface area contributed by atoms with Crippen molar-refractivity contribution in [3.63, 3.8) is 0 Å². The lowest BCUT2D eigenvalue weighted by atomic mass is 10.1. The van der Waals surface area contributed by atoms with Crippen LogP contribution in [-0.4, -0.2) is 13.7 Å². The Morgan fingerprint density at radius 2 is 1.94 bits per heavy atom. The van der Waals surface area contributed by atoms with Crippen molar-refractivity contribution in [3.8, 4) is 16.9 Å². The fraction of sp³-hybridized carbons (Fsp3) is 0.231. The van der Waals surface area contributed by atoms with Crippen LogP contribution in [0.3, 0.4) is 0 Å². The summed E-state index contributed by atoms with van der Waals surface area (Å²) in [7, 11) is 1.68. The SMILES string of the molecule is COc1ccc(-c2ccsc2CCN)cc1. The van der Waals surface area contributed by atoms with Crippen LogP contribution >= 0.6 is 11.3 Å². The maximum Gasteiger partial charge on any atom is 0.118 e. The molecule has 2 nitrogen and oxygen atoms in total. The first-order chi connectivity index (χ1) is 7.85. The summed E-state index contributed by atoms with van der Waals surface area (Å²) in [6.45, 7) is 0.698. The summed E-state index contributed by atoms with van der Waals surface area (Å²) in [5, 5.41) is 2.12. The third-order valence-electron chi connectivity index (χ3n) is 2.52. The normalized spacial score (nSPS) is 10.4.